The van der Waals surface area contributed by atoms with Gasteiger partial charge in [-0.15, -0.1) is 49.6 Å². The molecule has 2 aromatic rings. The minimum atomic E-state index is -1.02. The molecule has 3 rings (SSSR count). The standard InChI is InChI=1S/C32H48N8O5.4ClH/c33-11-2-6-24(35)19-38-29(42)10-13-37-30(43)18-25-15-20-4-1-5-21(14-20)22-8-9-28(41)23(16-22)17-26(36)31(44)40-27(7-3-12-34)32(45)39-25;;;;/h1,4-5,8-9,14,16,24-27,41H,2-3,6-7,10-13,15,17-19,33-36H2,(H,37,43)(H,38,42)(H,39,45)(H,40,44);4*1H/t24-,25-,26-,27-;;;;/m0..../s1. The Kier molecular flexibility index (Phi) is 24.7. The average Bonchev–Trinajstić information content (AvgIpc) is 3.01. The number of phenolic OH excluding ortho intramolecular Hbond substituents is 1. The molecule has 1 aliphatic rings. The van der Waals surface area contributed by atoms with E-state index in [1.54, 1.807) is 18.2 Å². The van der Waals surface area contributed by atoms with E-state index >= 15 is 0 Å². The molecule has 0 aliphatic carbocycles. The van der Waals surface area contributed by atoms with Crippen LogP contribution < -0.4 is 44.2 Å². The van der Waals surface area contributed by atoms with Crippen molar-refractivity contribution in [3.05, 3.63) is 53.6 Å². The second-order valence-corrected chi connectivity index (χ2v) is 11.6. The van der Waals surface area contributed by atoms with Crippen LogP contribution in [0, 0.1) is 0 Å². The summed E-state index contributed by atoms with van der Waals surface area (Å²) in [5, 5.41) is 21.7. The second-order valence-electron chi connectivity index (χ2n) is 11.6. The normalized spacial score (nSPS) is 17.8. The van der Waals surface area contributed by atoms with Crippen LogP contribution in [0.5, 0.6) is 5.75 Å². The minimum absolute atomic E-state index is 0. The molecule has 1 aliphatic heterocycles. The number of nitrogens with two attached hydrogens (primary N) is 4. The van der Waals surface area contributed by atoms with Gasteiger partial charge in [0.2, 0.25) is 23.6 Å². The number of hydrogen-bond donors (Lipinski definition) is 9. The lowest BCUT2D eigenvalue weighted by Gasteiger charge is -2.24. The van der Waals surface area contributed by atoms with Gasteiger partial charge >= 0.3 is 0 Å². The molecule has 0 spiro atoms. The summed E-state index contributed by atoms with van der Waals surface area (Å²) in [6.07, 6.45) is 2.67. The molecular formula is C32H52Cl4N8O5. The highest BCUT2D eigenvalue weighted by atomic mass is 35.5. The van der Waals surface area contributed by atoms with Crippen LogP contribution in [-0.4, -0.2) is 79.1 Å². The van der Waals surface area contributed by atoms with Gasteiger partial charge in [0.25, 0.3) is 0 Å². The number of amides is 4. The van der Waals surface area contributed by atoms with Crippen molar-refractivity contribution in [1.82, 2.24) is 21.3 Å². The summed E-state index contributed by atoms with van der Waals surface area (Å²) in [5.74, 6) is -1.54. The Bertz CT molecular complexity index is 1330. The van der Waals surface area contributed by atoms with Gasteiger partial charge in [-0.2, -0.15) is 0 Å². The van der Waals surface area contributed by atoms with Crippen molar-refractivity contribution in [2.45, 2.75) is 75.5 Å². The SMILES string of the molecule is Cl.Cl.Cl.Cl.NCCC[C@H](N)CNC(=O)CCNC(=O)C[C@@H]1Cc2cccc(c2)-c2ccc(O)c(c2)C[C@H](N)C(=O)N[C@@H](CCCN)C(=O)N1. The zero-order valence-electron chi connectivity index (χ0n) is 27.4. The van der Waals surface area contributed by atoms with Crippen LogP contribution in [0.2, 0.25) is 0 Å². The van der Waals surface area contributed by atoms with Gasteiger partial charge in [0, 0.05) is 44.4 Å². The highest BCUT2D eigenvalue weighted by molar-refractivity contribution is 5.90. The molecule has 4 amide bonds. The zero-order chi connectivity index (χ0) is 32.8. The quantitative estimate of drug-likeness (QED) is 0.141. The number of phenols is 1. The first kappa shape index (κ1) is 48.2. The van der Waals surface area contributed by atoms with E-state index in [2.05, 4.69) is 21.3 Å². The van der Waals surface area contributed by atoms with Gasteiger partial charge in [0.15, 0.2) is 0 Å². The van der Waals surface area contributed by atoms with E-state index in [9.17, 15) is 24.3 Å². The van der Waals surface area contributed by atoms with E-state index in [1.165, 1.54) is 0 Å². The number of carbonyl (C=O) groups excluding carboxylic acids is 4. The summed E-state index contributed by atoms with van der Waals surface area (Å²) in [6.45, 7) is 1.31. The molecule has 0 radical (unpaired) electrons. The van der Waals surface area contributed by atoms with Crippen molar-refractivity contribution in [2.75, 3.05) is 26.2 Å². The summed E-state index contributed by atoms with van der Waals surface area (Å²) < 4.78 is 0. The fourth-order valence-corrected chi connectivity index (χ4v) is 5.19. The molecule has 13 N–H and O–H groups in total. The molecule has 49 heavy (non-hydrogen) atoms. The number of fused-ring (bicyclic) bond motifs is 5. The Morgan fingerprint density at radius 1 is 0.878 bits per heavy atom. The number of rotatable bonds is 13. The number of benzene rings is 2. The van der Waals surface area contributed by atoms with Crippen LogP contribution in [0.1, 0.15) is 49.7 Å². The van der Waals surface area contributed by atoms with Crippen molar-refractivity contribution in [1.29, 1.82) is 0 Å². The van der Waals surface area contributed by atoms with Gasteiger partial charge in [-0.05, 0) is 79.6 Å². The van der Waals surface area contributed by atoms with Crippen molar-refractivity contribution >= 4 is 73.3 Å². The van der Waals surface area contributed by atoms with Crippen LogP contribution in [-0.2, 0) is 32.0 Å². The average molecular weight is 771 g/mol. The Hall–Kier alpha value is -2.88. The minimum Gasteiger partial charge on any atom is -0.508 e. The number of nitrogens with one attached hydrogen (secondary N) is 4. The van der Waals surface area contributed by atoms with Crippen LogP contribution in [0.3, 0.4) is 0 Å². The molecule has 0 saturated heterocycles. The summed E-state index contributed by atoms with van der Waals surface area (Å²) in [6, 6.07) is 10.1. The van der Waals surface area contributed by atoms with Gasteiger partial charge in [0.1, 0.15) is 11.8 Å². The molecule has 0 fully saturated rings. The first-order valence-electron chi connectivity index (χ1n) is 15.6. The van der Waals surface area contributed by atoms with Crippen molar-refractivity contribution in [2.24, 2.45) is 22.9 Å². The molecule has 0 aromatic heterocycles. The summed E-state index contributed by atoms with van der Waals surface area (Å²) >= 11 is 0. The first-order valence-corrected chi connectivity index (χ1v) is 15.6. The van der Waals surface area contributed by atoms with Crippen LogP contribution in [0.4, 0.5) is 0 Å². The van der Waals surface area contributed by atoms with E-state index in [0.29, 0.717) is 44.5 Å². The Balaban J connectivity index is 0. The number of aromatic hydroxyl groups is 1. The van der Waals surface area contributed by atoms with Gasteiger partial charge in [-0.1, -0.05) is 30.3 Å². The molecule has 4 atom stereocenters. The second kappa shape index (κ2) is 25.1. The largest absolute Gasteiger partial charge is 0.508 e. The third-order valence-corrected chi connectivity index (χ3v) is 7.72. The smallest absolute Gasteiger partial charge is 0.242 e. The van der Waals surface area contributed by atoms with Gasteiger partial charge in [-0.3, -0.25) is 19.2 Å². The van der Waals surface area contributed by atoms with Gasteiger partial charge in [0.05, 0.1) is 6.04 Å². The van der Waals surface area contributed by atoms with Crippen molar-refractivity contribution in [3.8, 4) is 16.9 Å². The molecule has 278 valence electrons. The maximum absolute atomic E-state index is 13.5. The van der Waals surface area contributed by atoms with E-state index in [-0.39, 0.29) is 105 Å². The number of halogens is 4. The zero-order valence-corrected chi connectivity index (χ0v) is 30.6. The summed E-state index contributed by atoms with van der Waals surface area (Å²) in [4.78, 5) is 51.7. The van der Waals surface area contributed by atoms with E-state index in [1.807, 2.05) is 24.3 Å². The highest BCUT2D eigenvalue weighted by Gasteiger charge is 2.27. The number of hydrogen-bond acceptors (Lipinski definition) is 9. The molecular weight excluding hydrogens is 718 g/mol. The predicted octanol–water partition coefficient (Wildman–Crippen LogP) is 0.960. The monoisotopic (exact) mass is 768 g/mol. The lowest BCUT2D eigenvalue weighted by Crippen LogP contribution is -2.54. The molecule has 17 heteroatoms. The maximum atomic E-state index is 13.5. The molecule has 13 nitrogen and oxygen atoms in total. The highest BCUT2D eigenvalue weighted by Crippen LogP contribution is 2.28. The Morgan fingerprint density at radius 2 is 1.57 bits per heavy atom. The van der Waals surface area contributed by atoms with Crippen molar-refractivity contribution < 1.29 is 24.3 Å². The number of carbonyl (C=O) groups is 4. The van der Waals surface area contributed by atoms with E-state index < -0.39 is 29.9 Å². The van der Waals surface area contributed by atoms with Crippen molar-refractivity contribution in [3.63, 3.8) is 0 Å². The van der Waals surface area contributed by atoms with Crippen LogP contribution in [0.25, 0.3) is 11.1 Å². The first-order chi connectivity index (χ1) is 21.6. The Labute approximate surface area is 312 Å². The molecule has 0 saturated carbocycles. The summed E-state index contributed by atoms with van der Waals surface area (Å²) in [5.41, 5.74) is 26.4. The molecule has 4 bridgehead atoms. The van der Waals surface area contributed by atoms with Gasteiger partial charge < -0.3 is 49.3 Å². The van der Waals surface area contributed by atoms with E-state index in [0.717, 1.165) is 23.1 Å². The third kappa shape index (κ3) is 16.6. The lowest BCUT2D eigenvalue weighted by molar-refractivity contribution is -0.130. The molecule has 2 aromatic carbocycles. The fourth-order valence-electron chi connectivity index (χ4n) is 5.19. The predicted molar refractivity (Wildman–Crippen MR) is 202 cm³/mol. The third-order valence-electron chi connectivity index (χ3n) is 7.72. The molecule has 0 unspecified atom stereocenters. The maximum Gasteiger partial charge on any atom is 0.242 e. The lowest BCUT2D eigenvalue weighted by atomic mass is 9.95. The topological polar surface area (TPSA) is 241 Å². The van der Waals surface area contributed by atoms with Crippen LogP contribution in [0.15, 0.2) is 42.5 Å². The Morgan fingerprint density at radius 3 is 2.27 bits per heavy atom. The fraction of sp³-hybridized carbons (Fsp3) is 0.500. The van der Waals surface area contributed by atoms with Crippen LogP contribution >= 0.6 is 49.6 Å². The summed E-state index contributed by atoms with van der Waals surface area (Å²) in [7, 11) is 0. The molecule has 1 heterocycles. The van der Waals surface area contributed by atoms with Gasteiger partial charge in [-0.25, -0.2) is 0 Å². The van der Waals surface area contributed by atoms with E-state index in [4.69, 9.17) is 22.9 Å².